The van der Waals surface area contributed by atoms with Crippen LogP contribution in [0, 0.1) is 0 Å². The summed E-state index contributed by atoms with van der Waals surface area (Å²) in [5.41, 5.74) is 0. The van der Waals surface area contributed by atoms with Crippen molar-refractivity contribution in [1.29, 1.82) is 0 Å². The average molecular weight is 802 g/mol. The fourth-order valence-corrected chi connectivity index (χ4v) is 6.63. The molecule has 1 rings (SSSR count). The Labute approximate surface area is 347 Å². The molecule has 9 nitrogen and oxygen atoms in total. The quantitative estimate of drug-likeness (QED) is 0.0271. The summed E-state index contributed by atoms with van der Waals surface area (Å²) in [6, 6.07) is -0.837. The van der Waals surface area contributed by atoms with Crippen molar-refractivity contribution in [2.45, 2.75) is 211 Å². The molecule has 1 aliphatic heterocycles. The third kappa shape index (κ3) is 28.7. The Morgan fingerprint density at radius 1 is 0.614 bits per heavy atom. The van der Waals surface area contributed by atoms with Gasteiger partial charge < -0.3 is 40.3 Å². The zero-order chi connectivity index (χ0) is 41.6. The summed E-state index contributed by atoms with van der Waals surface area (Å²) in [4.78, 5) is 12.9. The first-order valence-corrected chi connectivity index (χ1v) is 22.7. The monoisotopic (exact) mass is 802 g/mol. The van der Waals surface area contributed by atoms with Crippen LogP contribution in [0.5, 0.6) is 0 Å². The van der Waals surface area contributed by atoms with Crippen LogP contribution in [0.15, 0.2) is 72.9 Å². The molecule has 0 aliphatic carbocycles. The van der Waals surface area contributed by atoms with E-state index in [1.54, 1.807) is 6.08 Å². The van der Waals surface area contributed by atoms with Crippen LogP contribution in [0.1, 0.15) is 168 Å². The summed E-state index contributed by atoms with van der Waals surface area (Å²) in [5.74, 6) is -0.214. The normalized spacial score (nSPS) is 21.7. The van der Waals surface area contributed by atoms with E-state index in [1.807, 2.05) is 6.08 Å². The molecule has 0 saturated carbocycles. The van der Waals surface area contributed by atoms with E-state index in [0.29, 0.717) is 6.42 Å². The summed E-state index contributed by atoms with van der Waals surface area (Å²) < 4.78 is 11.2. The number of carbonyl (C=O) groups excluding carboxylic acids is 1. The van der Waals surface area contributed by atoms with Crippen molar-refractivity contribution >= 4 is 5.91 Å². The van der Waals surface area contributed by atoms with E-state index in [0.717, 1.165) is 77.0 Å². The topological polar surface area (TPSA) is 149 Å². The molecule has 1 fully saturated rings. The van der Waals surface area contributed by atoms with Crippen molar-refractivity contribution in [3.8, 4) is 0 Å². The smallest absolute Gasteiger partial charge is 0.220 e. The molecule has 57 heavy (non-hydrogen) atoms. The Morgan fingerprint density at radius 3 is 1.68 bits per heavy atom. The van der Waals surface area contributed by atoms with Gasteiger partial charge in [-0.25, -0.2) is 0 Å². The minimum Gasteiger partial charge on any atom is -0.394 e. The number of aliphatic hydroxyl groups is 5. The molecule has 0 aromatic heterocycles. The zero-order valence-electron chi connectivity index (χ0n) is 35.8. The standard InChI is InChI=1S/C48H83NO8/c1-3-5-7-9-11-13-15-17-19-21-23-25-27-29-31-33-35-37-42(51)41(40-56-48-47(55)46(54)45(53)43(39-50)57-48)49-44(52)38-36-34-32-30-28-26-24-22-20-18-16-14-12-10-8-6-4-2/h6,8,12,14,18,20,24,26-27,29,35,37,41-43,45-48,50-51,53-55H,3-5,7,9-11,13,15-17,19,21-23,25,28,30-34,36,38-40H2,1-2H3,(H,49,52)/b8-6-,14-12-,20-18-,26-24-,29-27+,37-35+. The van der Waals surface area contributed by atoms with Gasteiger partial charge in [0.1, 0.15) is 24.4 Å². The maximum atomic E-state index is 12.9. The average Bonchev–Trinajstić information content (AvgIpc) is 3.21. The van der Waals surface area contributed by atoms with Gasteiger partial charge in [-0.3, -0.25) is 4.79 Å². The lowest BCUT2D eigenvalue weighted by Gasteiger charge is -2.40. The van der Waals surface area contributed by atoms with Crippen molar-refractivity contribution in [2.75, 3.05) is 13.2 Å². The van der Waals surface area contributed by atoms with Gasteiger partial charge in [0.05, 0.1) is 25.4 Å². The molecule has 0 spiro atoms. The van der Waals surface area contributed by atoms with Crippen LogP contribution < -0.4 is 5.32 Å². The maximum absolute atomic E-state index is 12.9. The maximum Gasteiger partial charge on any atom is 0.220 e. The summed E-state index contributed by atoms with van der Waals surface area (Å²) in [5, 5.41) is 54.1. The van der Waals surface area contributed by atoms with Gasteiger partial charge in [0.15, 0.2) is 6.29 Å². The van der Waals surface area contributed by atoms with Crippen molar-refractivity contribution in [2.24, 2.45) is 0 Å². The molecule has 1 amide bonds. The second-order valence-corrected chi connectivity index (χ2v) is 15.5. The number of allylic oxidation sites excluding steroid dienone is 11. The number of amides is 1. The van der Waals surface area contributed by atoms with Crippen LogP contribution in [-0.2, 0) is 14.3 Å². The summed E-state index contributed by atoms with van der Waals surface area (Å²) >= 11 is 0. The van der Waals surface area contributed by atoms with E-state index in [1.165, 1.54) is 70.6 Å². The van der Waals surface area contributed by atoms with Crippen LogP contribution in [0.4, 0.5) is 0 Å². The first-order chi connectivity index (χ1) is 27.8. The van der Waals surface area contributed by atoms with Crippen LogP contribution in [-0.4, -0.2) is 87.5 Å². The van der Waals surface area contributed by atoms with E-state index in [2.05, 4.69) is 79.9 Å². The lowest BCUT2D eigenvalue weighted by molar-refractivity contribution is -0.302. The van der Waals surface area contributed by atoms with E-state index in [4.69, 9.17) is 9.47 Å². The molecule has 0 aromatic rings. The predicted molar refractivity (Wildman–Crippen MR) is 235 cm³/mol. The van der Waals surface area contributed by atoms with E-state index >= 15 is 0 Å². The Bertz CT molecular complexity index is 1120. The Balaban J connectivity index is 2.43. The van der Waals surface area contributed by atoms with Crippen molar-refractivity contribution in [3.63, 3.8) is 0 Å². The summed E-state index contributed by atoms with van der Waals surface area (Å²) in [6.45, 7) is 3.61. The van der Waals surface area contributed by atoms with E-state index in [9.17, 15) is 30.3 Å². The molecule has 7 atom stereocenters. The van der Waals surface area contributed by atoms with Crippen molar-refractivity contribution in [3.05, 3.63) is 72.9 Å². The molecule has 9 heteroatoms. The molecule has 0 bridgehead atoms. The summed E-state index contributed by atoms with van der Waals surface area (Å²) in [7, 11) is 0. The number of ether oxygens (including phenoxy) is 2. The summed E-state index contributed by atoms with van der Waals surface area (Å²) in [6.07, 6.45) is 43.7. The van der Waals surface area contributed by atoms with Gasteiger partial charge in [-0.05, 0) is 70.6 Å². The van der Waals surface area contributed by atoms with Gasteiger partial charge in [0.25, 0.3) is 0 Å². The number of unbranched alkanes of at least 4 members (excludes halogenated alkanes) is 16. The Morgan fingerprint density at radius 2 is 1.11 bits per heavy atom. The molecule has 1 saturated heterocycles. The van der Waals surface area contributed by atoms with Gasteiger partial charge in [-0.2, -0.15) is 0 Å². The molecule has 0 radical (unpaired) electrons. The minimum absolute atomic E-state index is 0.214. The predicted octanol–water partition coefficient (Wildman–Crippen LogP) is 9.39. The number of rotatable bonds is 36. The number of aliphatic hydroxyl groups excluding tert-OH is 5. The number of nitrogens with one attached hydrogen (secondary N) is 1. The molecule has 0 aromatic carbocycles. The molecular weight excluding hydrogens is 719 g/mol. The first kappa shape index (κ1) is 52.6. The minimum atomic E-state index is -1.58. The third-order valence-corrected chi connectivity index (χ3v) is 10.3. The fraction of sp³-hybridized carbons (Fsp3) is 0.729. The second-order valence-electron chi connectivity index (χ2n) is 15.5. The zero-order valence-corrected chi connectivity index (χ0v) is 35.8. The van der Waals surface area contributed by atoms with Gasteiger partial charge in [0, 0.05) is 6.42 Å². The van der Waals surface area contributed by atoms with Gasteiger partial charge in [-0.1, -0.05) is 164 Å². The number of hydrogen-bond acceptors (Lipinski definition) is 8. The molecule has 328 valence electrons. The third-order valence-electron chi connectivity index (χ3n) is 10.3. The number of hydrogen-bond donors (Lipinski definition) is 6. The van der Waals surface area contributed by atoms with Gasteiger partial charge >= 0.3 is 0 Å². The van der Waals surface area contributed by atoms with Crippen LogP contribution >= 0.6 is 0 Å². The highest BCUT2D eigenvalue weighted by molar-refractivity contribution is 5.76. The van der Waals surface area contributed by atoms with Crippen LogP contribution in [0.3, 0.4) is 0 Å². The fourth-order valence-electron chi connectivity index (χ4n) is 6.63. The van der Waals surface area contributed by atoms with Gasteiger partial charge in [-0.15, -0.1) is 0 Å². The lowest BCUT2D eigenvalue weighted by Crippen LogP contribution is -2.60. The number of carbonyl (C=O) groups is 1. The van der Waals surface area contributed by atoms with Crippen molar-refractivity contribution < 1.29 is 39.8 Å². The first-order valence-electron chi connectivity index (χ1n) is 22.7. The van der Waals surface area contributed by atoms with E-state index < -0.39 is 49.5 Å². The Hall–Kier alpha value is -2.37. The van der Waals surface area contributed by atoms with Crippen molar-refractivity contribution in [1.82, 2.24) is 5.32 Å². The highest BCUT2D eigenvalue weighted by atomic mass is 16.7. The SMILES string of the molecule is CC/C=C\C/C=C\C/C=C\C/C=C\CCCCCCC(=O)NC(COC1OC(CO)C(O)C(O)C1O)C(O)/C=C/CC/C=C/CCCCCCCCCCCCC. The van der Waals surface area contributed by atoms with Crippen LogP contribution in [0.2, 0.25) is 0 Å². The molecular formula is C48H83NO8. The van der Waals surface area contributed by atoms with E-state index in [-0.39, 0.29) is 12.5 Å². The lowest BCUT2D eigenvalue weighted by atomic mass is 9.99. The molecule has 1 heterocycles. The largest absolute Gasteiger partial charge is 0.394 e. The second kappa shape index (κ2) is 37.9. The Kier molecular flexibility index (Phi) is 35.0. The molecule has 1 aliphatic rings. The molecule has 6 N–H and O–H groups in total. The van der Waals surface area contributed by atoms with Gasteiger partial charge in [0.2, 0.25) is 5.91 Å². The highest BCUT2D eigenvalue weighted by Gasteiger charge is 2.44. The highest BCUT2D eigenvalue weighted by Crippen LogP contribution is 2.22. The van der Waals surface area contributed by atoms with Crippen LogP contribution in [0.25, 0.3) is 0 Å². The molecule has 7 unspecified atom stereocenters.